The van der Waals surface area contributed by atoms with Crippen LogP contribution in [0, 0.1) is 0 Å². The molecule has 0 bridgehead atoms. The van der Waals surface area contributed by atoms with Crippen molar-refractivity contribution in [1.29, 1.82) is 0 Å². The highest BCUT2D eigenvalue weighted by molar-refractivity contribution is 7.90. The maximum absolute atomic E-state index is 12.0. The molecule has 2 aromatic carbocycles. The van der Waals surface area contributed by atoms with E-state index < -0.39 is 10.0 Å². The molecule has 0 aromatic heterocycles. The predicted octanol–water partition coefficient (Wildman–Crippen LogP) is 0.853. The van der Waals surface area contributed by atoms with E-state index in [0.29, 0.717) is 17.2 Å². The minimum Gasteiger partial charge on any atom is -0.361 e. The Morgan fingerprint density at radius 1 is 1.03 bits per heavy atom. The summed E-state index contributed by atoms with van der Waals surface area (Å²) in [6.45, 7) is 0.771. The summed E-state index contributed by atoms with van der Waals surface area (Å²) >= 11 is 5.12. The first-order chi connectivity index (χ1) is 14.0. The van der Waals surface area contributed by atoms with Gasteiger partial charge in [-0.3, -0.25) is 25.4 Å². The van der Waals surface area contributed by atoms with Gasteiger partial charge < -0.3 is 5.32 Å². The van der Waals surface area contributed by atoms with Gasteiger partial charge in [-0.2, -0.15) is 0 Å². The monoisotopic (exact) mass is 431 g/mol. The number of hydrazine groups is 1. The topological polar surface area (TPSA) is 112 Å². The van der Waals surface area contributed by atoms with Gasteiger partial charge in [-0.1, -0.05) is 42.5 Å². The van der Waals surface area contributed by atoms with E-state index in [-0.39, 0.29) is 29.6 Å². The van der Waals surface area contributed by atoms with Crippen LogP contribution in [-0.4, -0.2) is 38.4 Å². The van der Waals surface area contributed by atoms with Crippen molar-refractivity contribution in [3.8, 4) is 0 Å². The van der Waals surface area contributed by atoms with E-state index >= 15 is 0 Å². The largest absolute Gasteiger partial charge is 0.361 e. The molecule has 2 aromatic rings. The third-order valence-electron chi connectivity index (χ3n) is 4.13. The van der Waals surface area contributed by atoms with Crippen LogP contribution in [0.25, 0.3) is 0 Å². The molecule has 1 amide bonds. The quantitative estimate of drug-likeness (QED) is 0.399. The maximum atomic E-state index is 12.0. The lowest BCUT2D eigenvalue weighted by Gasteiger charge is -2.11. The standard InChI is InChI=1S/C19H21N5O3S2/c25-17(22-23-19(28)21-12-10-14-6-2-1-3-7-14)11-13-20-18-15-8-4-5-9-16(15)29(26,27)24-18/h1-9H,10-13H2,(H,20,24)(H,22,25)(H2,21,23,28). The van der Waals surface area contributed by atoms with Crippen molar-refractivity contribution in [2.45, 2.75) is 17.7 Å². The lowest BCUT2D eigenvalue weighted by molar-refractivity contribution is -0.121. The van der Waals surface area contributed by atoms with E-state index in [1.807, 2.05) is 30.3 Å². The van der Waals surface area contributed by atoms with Gasteiger partial charge in [0.15, 0.2) is 5.11 Å². The number of nitrogens with zero attached hydrogens (tertiary/aromatic N) is 1. The summed E-state index contributed by atoms with van der Waals surface area (Å²) in [5, 5.41) is 3.33. The first-order valence-electron chi connectivity index (χ1n) is 8.99. The third kappa shape index (κ3) is 5.75. The normalized spacial score (nSPS) is 15.2. The molecule has 1 aliphatic heterocycles. The number of fused-ring (bicyclic) bond motifs is 1. The number of sulfonamides is 1. The number of amidine groups is 1. The molecule has 29 heavy (non-hydrogen) atoms. The van der Waals surface area contributed by atoms with Crippen LogP contribution in [-0.2, 0) is 21.2 Å². The average Bonchev–Trinajstić information content (AvgIpc) is 2.98. The van der Waals surface area contributed by atoms with E-state index in [4.69, 9.17) is 12.2 Å². The van der Waals surface area contributed by atoms with Gasteiger partial charge in [0.05, 0.1) is 11.4 Å². The predicted molar refractivity (Wildman–Crippen MR) is 115 cm³/mol. The average molecular weight is 432 g/mol. The first kappa shape index (κ1) is 20.7. The number of aliphatic imine (C=N–C) groups is 1. The second kappa shape index (κ2) is 9.48. The van der Waals surface area contributed by atoms with Crippen LogP contribution in [0.3, 0.4) is 0 Å². The molecule has 1 aliphatic rings. The van der Waals surface area contributed by atoms with Crippen LogP contribution in [0.4, 0.5) is 0 Å². The molecule has 10 heteroatoms. The number of rotatable bonds is 6. The molecule has 1 heterocycles. The number of hydrogen-bond acceptors (Lipinski definition) is 5. The molecular weight excluding hydrogens is 410 g/mol. The Morgan fingerprint density at radius 2 is 1.76 bits per heavy atom. The molecule has 0 spiro atoms. The lowest BCUT2D eigenvalue weighted by atomic mass is 10.1. The van der Waals surface area contributed by atoms with Gasteiger partial charge in [-0.05, 0) is 36.3 Å². The number of carbonyl (C=O) groups is 1. The Kier molecular flexibility index (Phi) is 6.78. The number of amides is 1. The number of hydrogen-bond donors (Lipinski definition) is 4. The highest BCUT2D eigenvalue weighted by Gasteiger charge is 2.29. The molecule has 152 valence electrons. The van der Waals surface area contributed by atoms with Gasteiger partial charge in [-0.25, -0.2) is 8.42 Å². The van der Waals surface area contributed by atoms with E-state index in [1.54, 1.807) is 18.2 Å². The van der Waals surface area contributed by atoms with Gasteiger partial charge >= 0.3 is 0 Å². The van der Waals surface area contributed by atoms with Crippen molar-refractivity contribution in [3.63, 3.8) is 0 Å². The summed E-state index contributed by atoms with van der Waals surface area (Å²) in [5.41, 5.74) is 6.83. The molecule has 0 atom stereocenters. The molecular formula is C19H21N5O3S2. The van der Waals surface area contributed by atoms with E-state index in [2.05, 4.69) is 25.9 Å². The molecule has 0 saturated heterocycles. The highest BCUT2D eigenvalue weighted by atomic mass is 32.2. The minimum absolute atomic E-state index is 0.0764. The molecule has 0 aliphatic carbocycles. The van der Waals surface area contributed by atoms with Gasteiger partial charge in [0.2, 0.25) is 5.91 Å². The molecule has 3 rings (SSSR count). The van der Waals surface area contributed by atoms with E-state index in [1.165, 1.54) is 11.6 Å². The van der Waals surface area contributed by atoms with E-state index in [0.717, 1.165) is 6.42 Å². The number of thiocarbonyl (C=S) groups is 1. The summed E-state index contributed by atoms with van der Waals surface area (Å²) in [7, 11) is -3.57. The summed E-state index contributed by atoms with van der Waals surface area (Å²) in [6.07, 6.45) is 0.887. The van der Waals surface area contributed by atoms with Crippen molar-refractivity contribution in [2.75, 3.05) is 13.1 Å². The second-order valence-electron chi connectivity index (χ2n) is 6.25. The number of benzene rings is 2. The molecule has 0 saturated carbocycles. The molecule has 4 N–H and O–H groups in total. The summed E-state index contributed by atoms with van der Waals surface area (Å²) in [4.78, 5) is 16.3. The Hall–Kier alpha value is -2.98. The van der Waals surface area contributed by atoms with Crippen LogP contribution in [0.15, 0.2) is 64.5 Å². The molecule has 0 fully saturated rings. The summed E-state index contributed by atoms with van der Waals surface area (Å²) in [6, 6.07) is 16.6. The van der Waals surface area contributed by atoms with Crippen LogP contribution in [0.1, 0.15) is 17.5 Å². The summed E-state index contributed by atoms with van der Waals surface area (Å²) in [5.74, 6) is -0.0600. The molecule has 8 nitrogen and oxygen atoms in total. The molecule has 0 radical (unpaired) electrons. The fourth-order valence-corrected chi connectivity index (χ4v) is 4.12. The Bertz CT molecular complexity index is 1020. The fraction of sp³-hybridized carbons (Fsp3) is 0.211. The van der Waals surface area contributed by atoms with Crippen molar-refractivity contribution in [3.05, 3.63) is 65.7 Å². The minimum atomic E-state index is -3.57. The zero-order chi connectivity index (χ0) is 20.7. The fourth-order valence-electron chi connectivity index (χ4n) is 2.72. The van der Waals surface area contributed by atoms with Crippen LogP contribution < -0.4 is 20.9 Å². The van der Waals surface area contributed by atoms with Crippen molar-refractivity contribution in [1.82, 2.24) is 20.9 Å². The van der Waals surface area contributed by atoms with Crippen molar-refractivity contribution in [2.24, 2.45) is 4.99 Å². The number of nitrogens with one attached hydrogen (secondary N) is 4. The third-order valence-corrected chi connectivity index (χ3v) is 5.77. The lowest BCUT2D eigenvalue weighted by Crippen LogP contribution is -2.47. The van der Waals surface area contributed by atoms with Crippen molar-refractivity contribution >= 4 is 39.1 Å². The van der Waals surface area contributed by atoms with Gasteiger partial charge in [0, 0.05) is 18.5 Å². The molecule has 0 unspecified atom stereocenters. The van der Waals surface area contributed by atoms with Crippen LogP contribution in [0.2, 0.25) is 0 Å². The SMILES string of the molecule is O=C(CCN=C1NS(=O)(=O)c2ccccc21)NNC(=S)NCCc1ccccc1. The van der Waals surface area contributed by atoms with Gasteiger partial charge in [0.25, 0.3) is 10.0 Å². The zero-order valence-electron chi connectivity index (χ0n) is 15.5. The number of carbonyl (C=O) groups excluding carboxylic acids is 1. The Balaban J connectivity index is 1.38. The van der Waals surface area contributed by atoms with Gasteiger partial charge in [-0.15, -0.1) is 0 Å². The maximum Gasteiger partial charge on any atom is 0.263 e. The zero-order valence-corrected chi connectivity index (χ0v) is 17.1. The van der Waals surface area contributed by atoms with Gasteiger partial charge in [0.1, 0.15) is 5.84 Å². The van der Waals surface area contributed by atoms with Crippen molar-refractivity contribution < 1.29 is 13.2 Å². The second-order valence-corrected chi connectivity index (χ2v) is 8.31. The van der Waals surface area contributed by atoms with Crippen LogP contribution in [0.5, 0.6) is 0 Å². The first-order valence-corrected chi connectivity index (χ1v) is 10.9. The smallest absolute Gasteiger partial charge is 0.263 e. The Morgan fingerprint density at radius 3 is 2.55 bits per heavy atom. The van der Waals surface area contributed by atoms with E-state index in [9.17, 15) is 13.2 Å². The Labute approximate surface area is 174 Å². The van der Waals surface area contributed by atoms with Crippen LogP contribution >= 0.6 is 12.2 Å². The highest BCUT2D eigenvalue weighted by Crippen LogP contribution is 2.22. The summed E-state index contributed by atoms with van der Waals surface area (Å²) < 4.78 is 26.4.